The molecule has 0 unspecified atom stereocenters. The Labute approximate surface area is 182 Å². The zero-order valence-corrected chi connectivity index (χ0v) is 17.4. The molecule has 0 radical (unpaired) electrons. The van der Waals surface area contributed by atoms with Crippen LogP contribution in [0.1, 0.15) is 21.5 Å². The van der Waals surface area contributed by atoms with Gasteiger partial charge in [-0.2, -0.15) is 5.10 Å². The number of hydrogen-bond acceptors (Lipinski definition) is 6. The largest absolute Gasteiger partial charge is 0.423 e. The Morgan fingerprint density at radius 1 is 1.03 bits per heavy atom. The van der Waals surface area contributed by atoms with Crippen LogP contribution in [-0.4, -0.2) is 17.2 Å². The summed E-state index contributed by atoms with van der Waals surface area (Å²) >= 11 is 1.47. The van der Waals surface area contributed by atoms with Crippen LogP contribution >= 0.6 is 11.3 Å². The van der Waals surface area contributed by atoms with Crippen molar-refractivity contribution in [2.45, 2.75) is 6.92 Å². The first-order chi connectivity index (χ1) is 15.1. The van der Waals surface area contributed by atoms with Crippen LogP contribution in [-0.2, 0) is 0 Å². The quantitative estimate of drug-likeness (QED) is 0.178. The van der Waals surface area contributed by atoms with Crippen molar-refractivity contribution in [1.82, 2.24) is 4.98 Å². The molecule has 31 heavy (non-hydrogen) atoms. The van der Waals surface area contributed by atoms with E-state index in [0.717, 1.165) is 16.8 Å². The maximum absolute atomic E-state index is 13.0. The molecule has 1 N–H and O–H groups in total. The van der Waals surface area contributed by atoms with Crippen LogP contribution in [0, 0.1) is 12.7 Å². The number of rotatable bonds is 6. The average Bonchev–Trinajstić information content (AvgIpc) is 3.25. The molecule has 0 saturated carbocycles. The smallest absolute Gasteiger partial charge is 0.343 e. The van der Waals surface area contributed by atoms with Crippen LogP contribution in [0.4, 0.5) is 9.52 Å². The van der Waals surface area contributed by atoms with Crippen molar-refractivity contribution in [3.63, 3.8) is 0 Å². The molecule has 0 aliphatic carbocycles. The monoisotopic (exact) mass is 431 g/mol. The lowest BCUT2D eigenvalue weighted by molar-refractivity contribution is 0.0734. The highest BCUT2D eigenvalue weighted by atomic mass is 32.1. The predicted octanol–water partition coefficient (Wildman–Crippen LogP) is 5.92. The summed E-state index contributed by atoms with van der Waals surface area (Å²) in [6, 6.07) is 20.3. The maximum atomic E-state index is 13.0. The van der Waals surface area contributed by atoms with Gasteiger partial charge in [0, 0.05) is 10.9 Å². The van der Waals surface area contributed by atoms with Crippen molar-refractivity contribution >= 4 is 28.7 Å². The second-order valence-corrected chi connectivity index (χ2v) is 7.60. The molecule has 0 amide bonds. The van der Waals surface area contributed by atoms with E-state index in [1.807, 2.05) is 17.5 Å². The molecule has 0 atom stereocenters. The van der Waals surface area contributed by atoms with Crippen molar-refractivity contribution in [3.8, 4) is 17.0 Å². The SMILES string of the molecule is Cc1ccc(-c2csc(N/N=C/c3ccc(OC(=O)c4ccc(F)cc4)cc3)n2)cc1. The fourth-order valence-corrected chi connectivity index (χ4v) is 3.39. The first-order valence-corrected chi connectivity index (χ1v) is 10.3. The normalized spacial score (nSPS) is 10.9. The highest BCUT2D eigenvalue weighted by Gasteiger charge is 2.08. The lowest BCUT2D eigenvalue weighted by Crippen LogP contribution is -2.08. The molecular formula is C24H18FN3O2S. The molecule has 4 rings (SSSR count). The number of benzene rings is 3. The van der Waals surface area contributed by atoms with Gasteiger partial charge >= 0.3 is 5.97 Å². The van der Waals surface area contributed by atoms with E-state index in [2.05, 4.69) is 34.6 Å². The van der Waals surface area contributed by atoms with Crippen LogP contribution in [0.5, 0.6) is 5.75 Å². The van der Waals surface area contributed by atoms with Gasteiger partial charge in [0.05, 0.1) is 17.5 Å². The zero-order chi connectivity index (χ0) is 21.6. The van der Waals surface area contributed by atoms with Crippen molar-refractivity contribution in [1.29, 1.82) is 0 Å². The Bertz CT molecular complexity index is 1200. The van der Waals surface area contributed by atoms with Gasteiger partial charge in [-0.1, -0.05) is 29.8 Å². The maximum Gasteiger partial charge on any atom is 0.343 e. The minimum absolute atomic E-state index is 0.282. The second-order valence-electron chi connectivity index (χ2n) is 6.74. The predicted molar refractivity (Wildman–Crippen MR) is 121 cm³/mol. The van der Waals surface area contributed by atoms with Crippen molar-refractivity contribution in [2.24, 2.45) is 5.10 Å². The van der Waals surface area contributed by atoms with Gasteiger partial charge in [0.25, 0.3) is 0 Å². The van der Waals surface area contributed by atoms with E-state index in [1.165, 1.54) is 41.2 Å². The molecule has 1 aromatic heterocycles. The van der Waals surface area contributed by atoms with Crippen LogP contribution in [0.3, 0.4) is 0 Å². The van der Waals surface area contributed by atoms with Crippen molar-refractivity contribution in [3.05, 3.63) is 101 Å². The third-order valence-electron chi connectivity index (χ3n) is 4.40. The van der Waals surface area contributed by atoms with E-state index in [1.54, 1.807) is 30.5 Å². The van der Waals surface area contributed by atoms with E-state index in [0.29, 0.717) is 10.9 Å². The van der Waals surface area contributed by atoms with Gasteiger partial charge in [0.15, 0.2) is 0 Å². The summed E-state index contributed by atoms with van der Waals surface area (Å²) in [5.41, 5.74) is 7.20. The molecule has 5 nitrogen and oxygen atoms in total. The van der Waals surface area contributed by atoms with Crippen LogP contribution < -0.4 is 10.2 Å². The van der Waals surface area contributed by atoms with E-state index in [9.17, 15) is 9.18 Å². The molecular weight excluding hydrogens is 413 g/mol. The van der Waals surface area contributed by atoms with E-state index >= 15 is 0 Å². The fraction of sp³-hybridized carbons (Fsp3) is 0.0417. The Balaban J connectivity index is 1.33. The standard InChI is InChI=1S/C24H18FN3O2S/c1-16-2-6-18(7-3-16)22-15-31-24(27-22)28-26-14-17-4-12-21(13-5-17)30-23(29)19-8-10-20(25)11-9-19/h2-15H,1H3,(H,27,28)/b26-14+. The van der Waals surface area contributed by atoms with E-state index in [4.69, 9.17) is 4.74 Å². The summed E-state index contributed by atoms with van der Waals surface area (Å²) in [7, 11) is 0. The van der Waals surface area contributed by atoms with Gasteiger partial charge in [-0.15, -0.1) is 11.3 Å². The molecule has 0 aliphatic heterocycles. The van der Waals surface area contributed by atoms with Gasteiger partial charge in [-0.25, -0.2) is 14.2 Å². The van der Waals surface area contributed by atoms with Crippen molar-refractivity contribution in [2.75, 3.05) is 5.43 Å². The Morgan fingerprint density at radius 3 is 2.45 bits per heavy atom. The summed E-state index contributed by atoms with van der Waals surface area (Å²) in [4.78, 5) is 16.6. The van der Waals surface area contributed by atoms with Gasteiger partial charge in [-0.05, 0) is 61.0 Å². The Morgan fingerprint density at radius 2 is 1.74 bits per heavy atom. The highest BCUT2D eigenvalue weighted by Crippen LogP contribution is 2.25. The number of aryl methyl sites for hydroxylation is 1. The van der Waals surface area contributed by atoms with Crippen LogP contribution in [0.25, 0.3) is 11.3 Å². The number of hydrogen-bond donors (Lipinski definition) is 1. The number of halogens is 1. The molecule has 1 heterocycles. The van der Waals surface area contributed by atoms with Gasteiger partial charge < -0.3 is 4.74 Å². The lowest BCUT2D eigenvalue weighted by Gasteiger charge is -2.04. The van der Waals surface area contributed by atoms with Crippen LogP contribution in [0.2, 0.25) is 0 Å². The summed E-state index contributed by atoms with van der Waals surface area (Å²) in [5.74, 6) is -0.559. The summed E-state index contributed by atoms with van der Waals surface area (Å²) in [6.07, 6.45) is 1.65. The second kappa shape index (κ2) is 9.32. The van der Waals surface area contributed by atoms with E-state index in [-0.39, 0.29) is 5.56 Å². The van der Waals surface area contributed by atoms with Crippen molar-refractivity contribution < 1.29 is 13.9 Å². The summed E-state index contributed by atoms with van der Waals surface area (Å²) < 4.78 is 18.2. The third kappa shape index (κ3) is 5.40. The topological polar surface area (TPSA) is 63.6 Å². The third-order valence-corrected chi connectivity index (χ3v) is 5.14. The molecule has 154 valence electrons. The number of ether oxygens (including phenoxy) is 1. The summed E-state index contributed by atoms with van der Waals surface area (Å²) in [5, 5.41) is 6.88. The lowest BCUT2D eigenvalue weighted by atomic mass is 10.1. The number of anilines is 1. The molecule has 0 saturated heterocycles. The first-order valence-electron chi connectivity index (χ1n) is 9.46. The number of carbonyl (C=O) groups excluding carboxylic acids is 1. The van der Waals surface area contributed by atoms with Crippen LogP contribution in [0.15, 0.2) is 83.3 Å². The molecule has 7 heteroatoms. The van der Waals surface area contributed by atoms with Gasteiger partial charge in [0.1, 0.15) is 11.6 Å². The Kier molecular flexibility index (Phi) is 6.14. The average molecular weight is 431 g/mol. The summed E-state index contributed by atoms with van der Waals surface area (Å²) in [6.45, 7) is 2.05. The minimum Gasteiger partial charge on any atom is -0.423 e. The first kappa shape index (κ1) is 20.4. The van der Waals surface area contributed by atoms with E-state index < -0.39 is 11.8 Å². The molecule has 0 spiro atoms. The number of hydrazone groups is 1. The Hall–Kier alpha value is -3.84. The number of nitrogens with one attached hydrogen (secondary N) is 1. The number of esters is 1. The highest BCUT2D eigenvalue weighted by molar-refractivity contribution is 7.14. The molecule has 3 aromatic carbocycles. The van der Waals surface area contributed by atoms with Gasteiger partial charge in [0.2, 0.25) is 5.13 Å². The number of nitrogens with zero attached hydrogens (tertiary/aromatic N) is 2. The zero-order valence-electron chi connectivity index (χ0n) is 16.6. The number of aromatic nitrogens is 1. The molecule has 4 aromatic rings. The fourth-order valence-electron chi connectivity index (χ4n) is 2.72. The minimum atomic E-state index is -0.545. The molecule has 0 aliphatic rings. The van der Waals surface area contributed by atoms with Gasteiger partial charge in [-0.3, -0.25) is 5.43 Å². The number of thiazole rings is 1. The molecule has 0 bridgehead atoms. The number of carbonyl (C=O) groups is 1. The molecule has 0 fully saturated rings.